The monoisotopic (exact) mass is 443 g/mol. The summed E-state index contributed by atoms with van der Waals surface area (Å²) in [4.78, 5) is 4.56. The number of nitrogens with two attached hydrogens (primary N) is 1. The summed E-state index contributed by atoms with van der Waals surface area (Å²) in [6, 6.07) is 5.81. The Morgan fingerprint density at radius 1 is 1.17 bits per heavy atom. The van der Waals surface area contributed by atoms with Crippen LogP contribution in [0.4, 0.5) is 5.69 Å². The molecule has 0 spiro atoms. The number of aliphatic imine (C=N–C) groups is 1. The number of hydrogen-bond acceptors (Lipinski definition) is 3. The van der Waals surface area contributed by atoms with Crippen LogP contribution >= 0.6 is 24.0 Å². The van der Waals surface area contributed by atoms with Gasteiger partial charge in [0.2, 0.25) is 0 Å². The topological polar surface area (TPSA) is 68.9 Å². The highest BCUT2D eigenvalue weighted by molar-refractivity contribution is 14.0. The molecule has 1 aliphatic heterocycles. The van der Waals surface area contributed by atoms with Crippen molar-refractivity contribution in [2.45, 2.75) is 32.1 Å². The lowest BCUT2D eigenvalue weighted by atomic mass is 9.89. The maximum Gasteiger partial charge on any atom is 0.193 e. The summed E-state index contributed by atoms with van der Waals surface area (Å²) in [6.45, 7) is 2.24. The SMILES string of the molecule is I.NC(=NCC1CC2CCC1C2)Nc1ccc2c(c1)OCCCO2. The Morgan fingerprint density at radius 2 is 2.00 bits per heavy atom. The smallest absolute Gasteiger partial charge is 0.193 e. The van der Waals surface area contributed by atoms with Crippen LogP contribution in [0.25, 0.3) is 0 Å². The summed E-state index contributed by atoms with van der Waals surface area (Å²) in [6.07, 6.45) is 6.47. The van der Waals surface area contributed by atoms with Crippen molar-refractivity contribution in [1.82, 2.24) is 0 Å². The molecule has 0 amide bonds. The first-order valence-corrected chi connectivity index (χ1v) is 8.74. The van der Waals surface area contributed by atoms with E-state index in [1.165, 1.54) is 25.7 Å². The van der Waals surface area contributed by atoms with Crippen molar-refractivity contribution < 1.29 is 9.47 Å². The van der Waals surface area contributed by atoms with E-state index in [0.29, 0.717) is 19.2 Å². The van der Waals surface area contributed by atoms with Crippen molar-refractivity contribution in [2.24, 2.45) is 28.5 Å². The van der Waals surface area contributed by atoms with Crippen LogP contribution in [0.15, 0.2) is 23.2 Å². The Hall–Kier alpha value is -1.18. The molecular formula is C18H26IN3O2. The van der Waals surface area contributed by atoms with E-state index >= 15 is 0 Å². The highest BCUT2D eigenvalue weighted by Crippen LogP contribution is 2.48. The van der Waals surface area contributed by atoms with Crippen molar-refractivity contribution in [1.29, 1.82) is 0 Å². The standard InChI is InChI=1S/C18H25N3O2.HI/c19-18(20-11-14-9-12-2-3-13(14)8-12)21-15-4-5-16-17(10-15)23-7-1-6-22-16;/h4-5,10,12-14H,1-3,6-9,11H2,(H3,19,20,21);1H. The van der Waals surface area contributed by atoms with Gasteiger partial charge in [0.15, 0.2) is 17.5 Å². The van der Waals surface area contributed by atoms with E-state index in [1.54, 1.807) is 0 Å². The molecule has 3 aliphatic rings. The van der Waals surface area contributed by atoms with Gasteiger partial charge in [0.25, 0.3) is 0 Å². The predicted molar refractivity (Wildman–Crippen MR) is 107 cm³/mol. The molecule has 1 aromatic rings. The van der Waals surface area contributed by atoms with Crippen LogP contribution in [-0.4, -0.2) is 25.7 Å². The summed E-state index contributed by atoms with van der Waals surface area (Å²) in [5, 5.41) is 3.17. The van der Waals surface area contributed by atoms with Gasteiger partial charge in [0.1, 0.15) is 0 Å². The number of guanidine groups is 1. The molecule has 0 aromatic heterocycles. The normalized spacial score (nSPS) is 28.2. The fourth-order valence-corrected chi connectivity index (χ4v) is 4.24. The fourth-order valence-electron chi connectivity index (χ4n) is 4.24. The van der Waals surface area contributed by atoms with Gasteiger partial charge in [-0.3, -0.25) is 4.99 Å². The highest BCUT2D eigenvalue weighted by Gasteiger charge is 2.39. The summed E-state index contributed by atoms with van der Waals surface area (Å²) >= 11 is 0. The maximum absolute atomic E-state index is 6.06. The van der Waals surface area contributed by atoms with Crippen molar-refractivity contribution in [3.63, 3.8) is 0 Å². The van der Waals surface area contributed by atoms with E-state index in [9.17, 15) is 0 Å². The second-order valence-electron chi connectivity index (χ2n) is 7.00. The molecule has 4 rings (SSSR count). The molecule has 3 unspecified atom stereocenters. The van der Waals surface area contributed by atoms with Gasteiger partial charge < -0.3 is 20.5 Å². The zero-order valence-electron chi connectivity index (χ0n) is 13.9. The molecule has 132 valence electrons. The Morgan fingerprint density at radius 3 is 2.75 bits per heavy atom. The first-order chi connectivity index (χ1) is 11.3. The molecule has 0 radical (unpaired) electrons. The molecule has 2 saturated carbocycles. The average Bonchev–Trinajstić information content (AvgIpc) is 3.09. The van der Waals surface area contributed by atoms with Crippen molar-refractivity contribution in [2.75, 3.05) is 25.1 Å². The fraction of sp³-hybridized carbons (Fsp3) is 0.611. The molecular weight excluding hydrogens is 417 g/mol. The quantitative estimate of drug-likeness (QED) is 0.426. The zero-order valence-corrected chi connectivity index (χ0v) is 16.2. The molecule has 2 fully saturated rings. The summed E-state index contributed by atoms with van der Waals surface area (Å²) in [5.74, 6) is 4.63. The van der Waals surface area contributed by atoms with Gasteiger partial charge in [-0.25, -0.2) is 0 Å². The minimum absolute atomic E-state index is 0. The second-order valence-corrected chi connectivity index (χ2v) is 7.00. The highest BCUT2D eigenvalue weighted by atomic mass is 127. The third kappa shape index (κ3) is 3.90. The third-order valence-corrected chi connectivity index (χ3v) is 5.40. The Kier molecular flexibility index (Phi) is 5.73. The molecule has 3 atom stereocenters. The number of halogens is 1. The van der Waals surface area contributed by atoms with Crippen LogP contribution in [0.2, 0.25) is 0 Å². The molecule has 1 heterocycles. The lowest BCUT2D eigenvalue weighted by molar-refractivity contribution is 0.297. The van der Waals surface area contributed by atoms with Crippen molar-refractivity contribution in [3.05, 3.63) is 18.2 Å². The molecule has 2 aliphatic carbocycles. The Bertz CT molecular complexity index is 608. The number of ether oxygens (including phenoxy) is 2. The number of hydrogen-bond donors (Lipinski definition) is 2. The molecule has 2 bridgehead atoms. The Labute approximate surface area is 160 Å². The van der Waals surface area contributed by atoms with E-state index in [0.717, 1.165) is 47.9 Å². The lowest BCUT2D eigenvalue weighted by Gasteiger charge is -2.19. The van der Waals surface area contributed by atoms with Gasteiger partial charge in [-0.1, -0.05) is 6.42 Å². The number of benzene rings is 1. The number of nitrogens with one attached hydrogen (secondary N) is 1. The van der Waals surface area contributed by atoms with Gasteiger partial charge >= 0.3 is 0 Å². The van der Waals surface area contributed by atoms with E-state index in [4.69, 9.17) is 15.2 Å². The molecule has 24 heavy (non-hydrogen) atoms. The van der Waals surface area contributed by atoms with E-state index in [1.807, 2.05) is 18.2 Å². The summed E-state index contributed by atoms with van der Waals surface area (Å²) in [7, 11) is 0. The first kappa shape index (κ1) is 17.6. The second kappa shape index (κ2) is 7.80. The van der Waals surface area contributed by atoms with Crippen LogP contribution in [0.1, 0.15) is 32.1 Å². The Balaban J connectivity index is 0.00000169. The van der Waals surface area contributed by atoms with Gasteiger partial charge in [0.05, 0.1) is 13.2 Å². The molecule has 3 N–H and O–H groups in total. The molecule has 0 saturated heterocycles. The van der Waals surface area contributed by atoms with Gasteiger partial charge in [-0.15, -0.1) is 24.0 Å². The maximum atomic E-state index is 6.06. The zero-order chi connectivity index (χ0) is 15.6. The van der Waals surface area contributed by atoms with Crippen LogP contribution in [0, 0.1) is 17.8 Å². The molecule has 1 aromatic carbocycles. The van der Waals surface area contributed by atoms with E-state index in [2.05, 4.69) is 10.3 Å². The minimum atomic E-state index is 0. The molecule has 5 nitrogen and oxygen atoms in total. The lowest BCUT2D eigenvalue weighted by Crippen LogP contribution is -2.24. The minimum Gasteiger partial charge on any atom is -0.490 e. The number of anilines is 1. The average molecular weight is 443 g/mol. The summed E-state index contributed by atoms with van der Waals surface area (Å²) in [5.41, 5.74) is 6.95. The van der Waals surface area contributed by atoms with E-state index < -0.39 is 0 Å². The van der Waals surface area contributed by atoms with Gasteiger partial charge in [-0.05, 0) is 49.1 Å². The number of fused-ring (bicyclic) bond motifs is 3. The predicted octanol–water partition coefficient (Wildman–Crippen LogP) is 3.63. The van der Waals surface area contributed by atoms with Crippen LogP contribution < -0.4 is 20.5 Å². The van der Waals surface area contributed by atoms with Crippen LogP contribution in [0.3, 0.4) is 0 Å². The third-order valence-electron chi connectivity index (χ3n) is 5.40. The van der Waals surface area contributed by atoms with E-state index in [-0.39, 0.29) is 24.0 Å². The molecule has 6 heteroatoms. The number of rotatable bonds is 3. The largest absolute Gasteiger partial charge is 0.490 e. The van der Waals surface area contributed by atoms with Crippen LogP contribution in [-0.2, 0) is 0 Å². The van der Waals surface area contributed by atoms with Crippen LogP contribution in [0.5, 0.6) is 11.5 Å². The number of nitrogens with zero attached hydrogens (tertiary/aromatic N) is 1. The summed E-state index contributed by atoms with van der Waals surface area (Å²) < 4.78 is 11.3. The van der Waals surface area contributed by atoms with Crippen molar-refractivity contribution in [3.8, 4) is 11.5 Å². The first-order valence-electron chi connectivity index (χ1n) is 8.74. The van der Waals surface area contributed by atoms with Crippen molar-refractivity contribution >= 4 is 35.6 Å². The van der Waals surface area contributed by atoms with Gasteiger partial charge in [-0.2, -0.15) is 0 Å². The van der Waals surface area contributed by atoms with Gasteiger partial charge in [0, 0.05) is 24.7 Å².